The van der Waals surface area contributed by atoms with Gasteiger partial charge in [-0.15, -0.1) is 5.10 Å². The fourth-order valence-corrected chi connectivity index (χ4v) is 8.62. The number of pyridine rings is 1. The summed E-state index contributed by atoms with van der Waals surface area (Å²) < 4.78 is 7.84. The first kappa shape index (κ1) is 42.8. The Kier molecular flexibility index (Phi) is 12.8. The predicted octanol–water partition coefficient (Wildman–Crippen LogP) is 3.76. The number of aromatic amines is 1. The van der Waals surface area contributed by atoms with Crippen LogP contribution in [0.3, 0.4) is 0 Å². The Morgan fingerprint density at radius 2 is 1.68 bits per heavy atom. The summed E-state index contributed by atoms with van der Waals surface area (Å²) in [7, 11) is 1.64. The number of amides is 4. The third-order valence-corrected chi connectivity index (χ3v) is 12.1. The Labute approximate surface area is 376 Å². The first-order chi connectivity index (χ1) is 31.7. The maximum absolute atomic E-state index is 13.0. The molecular weight excluding hydrogens is 823 g/mol. The molecule has 3 aromatic carbocycles. The van der Waals surface area contributed by atoms with Gasteiger partial charge in [0.25, 0.3) is 23.6 Å². The largest absolute Gasteiger partial charge is 0.489 e. The summed E-state index contributed by atoms with van der Waals surface area (Å²) in [5.74, 6) is 5.10. The molecular formula is C49H51N11O5. The Balaban J connectivity index is 0.666. The molecule has 6 aromatic rings. The van der Waals surface area contributed by atoms with Crippen LogP contribution in [0.25, 0.3) is 11.0 Å². The molecule has 3 aliphatic heterocycles. The second kappa shape index (κ2) is 19.5. The summed E-state index contributed by atoms with van der Waals surface area (Å²) in [5, 5.41) is 20.0. The van der Waals surface area contributed by atoms with Crippen molar-refractivity contribution in [1.29, 1.82) is 0 Å². The van der Waals surface area contributed by atoms with Gasteiger partial charge in [0.2, 0.25) is 5.82 Å². The van der Waals surface area contributed by atoms with Crippen LogP contribution in [0, 0.1) is 11.8 Å². The molecule has 5 N–H and O–H groups in total. The van der Waals surface area contributed by atoms with E-state index in [2.05, 4.69) is 87.0 Å². The number of benzene rings is 3. The maximum Gasteiger partial charge on any atom is 0.296 e. The number of rotatable bonds is 14. The van der Waals surface area contributed by atoms with E-state index >= 15 is 0 Å². The van der Waals surface area contributed by atoms with Crippen molar-refractivity contribution in [2.24, 2.45) is 0 Å². The van der Waals surface area contributed by atoms with Crippen molar-refractivity contribution >= 4 is 46.0 Å². The normalized spacial score (nSPS) is 17.7. The summed E-state index contributed by atoms with van der Waals surface area (Å²) in [6, 6.07) is 27.4. The number of unbranched alkanes of at least 4 members (excludes halogenated alkanes) is 1. The molecule has 6 heterocycles. The highest BCUT2D eigenvalue weighted by molar-refractivity contribution is 6.02. The molecule has 3 atom stereocenters. The predicted molar refractivity (Wildman–Crippen MR) is 246 cm³/mol. The number of carbonyl (C=O) groups excluding carboxylic acids is 4. The number of aryl methyl sites for hydroxylation is 1. The highest BCUT2D eigenvalue weighted by Gasteiger charge is 2.33. The zero-order valence-corrected chi connectivity index (χ0v) is 36.2. The van der Waals surface area contributed by atoms with Gasteiger partial charge in [0, 0.05) is 93.2 Å². The maximum atomic E-state index is 13.0. The zero-order chi connectivity index (χ0) is 44.7. The van der Waals surface area contributed by atoms with Crippen molar-refractivity contribution in [3.8, 4) is 17.6 Å². The Morgan fingerprint density at radius 1 is 0.892 bits per heavy atom. The summed E-state index contributed by atoms with van der Waals surface area (Å²) in [6.07, 6.45) is 8.84. The third kappa shape index (κ3) is 10.3. The van der Waals surface area contributed by atoms with Gasteiger partial charge in [0.1, 0.15) is 29.9 Å². The van der Waals surface area contributed by atoms with Crippen LogP contribution in [0.4, 0.5) is 11.4 Å². The van der Waals surface area contributed by atoms with Crippen LogP contribution in [0.15, 0.2) is 97.3 Å². The average molecular weight is 874 g/mol. The molecule has 3 aromatic heterocycles. The SMILES string of the molecule is CN1C(=O)[C@@H](NC(=O)c2n[nH]c(Cc3ccc(C#CC(=O)NCCCCn4ccc5cc(C(=O)NCCc6ccc(N7C[C@H]8CC[C@@H](C7)N8)cc6)cnc54)cc3)n2)COc2ccccc21. The van der Waals surface area contributed by atoms with E-state index in [-0.39, 0.29) is 30.2 Å². The van der Waals surface area contributed by atoms with Gasteiger partial charge in [-0.3, -0.25) is 24.3 Å². The van der Waals surface area contributed by atoms with Gasteiger partial charge < -0.3 is 40.4 Å². The lowest BCUT2D eigenvalue weighted by molar-refractivity contribution is -0.120. The van der Waals surface area contributed by atoms with Gasteiger partial charge in [-0.05, 0) is 91.8 Å². The van der Waals surface area contributed by atoms with Crippen molar-refractivity contribution in [3.05, 3.63) is 131 Å². The number of carbonyl (C=O) groups is 4. The molecule has 2 bridgehead atoms. The lowest BCUT2D eigenvalue weighted by Crippen LogP contribution is -2.51. The molecule has 2 saturated heterocycles. The number of likely N-dealkylation sites (N-methyl/N-ethyl adjacent to an activating group) is 1. The number of fused-ring (bicyclic) bond motifs is 4. The van der Waals surface area contributed by atoms with Crippen molar-refractivity contribution in [2.75, 3.05) is 49.6 Å². The number of hydrogen-bond acceptors (Lipinski definition) is 10. The van der Waals surface area contributed by atoms with Gasteiger partial charge in [0.05, 0.1) is 11.3 Å². The number of para-hydroxylation sites is 2. The lowest BCUT2D eigenvalue weighted by Gasteiger charge is -2.34. The van der Waals surface area contributed by atoms with Crippen molar-refractivity contribution in [2.45, 2.75) is 63.2 Å². The first-order valence-corrected chi connectivity index (χ1v) is 22.2. The quantitative estimate of drug-likeness (QED) is 0.0796. The van der Waals surface area contributed by atoms with Crippen LogP contribution in [-0.2, 0) is 29.0 Å². The molecule has 0 aliphatic carbocycles. The molecule has 0 saturated carbocycles. The van der Waals surface area contributed by atoms with E-state index in [9.17, 15) is 19.2 Å². The van der Waals surface area contributed by atoms with Crippen LogP contribution in [0.1, 0.15) is 69.2 Å². The summed E-state index contributed by atoms with van der Waals surface area (Å²) >= 11 is 0. The first-order valence-electron chi connectivity index (χ1n) is 22.2. The zero-order valence-electron chi connectivity index (χ0n) is 36.2. The average Bonchev–Trinajstić information content (AvgIpc) is 4.05. The molecule has 4 amide bonds. The third-order valence-electron chi connectivity index (χ3n) is 12.1. The lowest BCUT2D eigenvalue weighted by atomic mass is 10.1. The number of hydrogen-bond donors (Lipinski definition) is 5. The Bertz CT molecular complexity index is 2740. The second-order valence-corrected chi connectivity index (χ2v) is 16.8. The fraction of sp³-hybridized carbons (Fsp3) is 0.327. The van der Waals surface area contributed by atoms with E-state index in [0.717, 1.165) is 55.5 Å². The standard InChI is InChI=1S/C49H51N11O5/c1-58-41-6-2-3-7-42(41)65-31-40(49(58)64)54-48(63)45-55-43(56-57-45)26-34-10-8-32(9-11-34)14-19-44(61)50-22-4-5-24-59-25-21-35-27-36(28-52-46(35)59)47(62)51-23-20-33-12-17-39(18-13-33)60-29-37-15-16-38(30-60)53-37/h2-3,6-13,17-18,21,25,27-28,37-38,40,53H,4-5,15-16,20,22-24,26,29-31H2,1H3,(H,50,61)(H,51,62)(H,54,63)(H,55,56,57)/t37-,38+,40-/m0/s1. The molecule has 65 heavy (non-hydrogen) atoms. The monoisotopic (exact) mass is 873 g/mol. The highest BCUT2D eigenvalue weighted by Crippen LogP contribution is 2.30. The Morgan fingerprint density at radius 3 is 2.49 bits per heavy atom. The number of nitrogens with one attached hydrogen (secondary N) is 5. The molecule has 0 unspecified atom stereocenters. The Hall–Kier alpha value is -7.51. The van der Waals surface area contributed by atoms with E-state index in [4.69, 9.17) is 4.74 Å². The minimum Gasteiger partial charge on any atom is -0.489 e. The van der Waals surface area contributed by atoms with Gasteiger partial charge >= 0.3 is 0 Å². The smallest absolute Gasteiger partial charge is 0.296 e. The number of piperazine rings is 1. The van der Waals surface area contributed by atoms with Crippen molar-refractivity contribution < 1.29 is 23.9 Å². The van der Waals surface area contributed by atoms with Crippen LogP contribution in [0.5, 0.6) is 5.75 Å². The van der Waals surface area contributed by atoms with Gasteiger partial charge in [-0.25, -0.2) is 9.97 Å². The topological polar surface area (TPSA) is 191 Å². The summed E-state index contributed by atoms with van der Waals surface area (Å²) in [5.41, 5.74) is 6.00. The van der Waals surface area contributed by atoms with E-state index in [1.165, 1.54) is 29.0 Å². The molecule has 332 valence electrons. The minimum absolute atomic E-state index is 0.0209. The molecule has 3 aliphatic rings. The van der Waals surface area contributed by atoms with Gasteiger partial charge in [-0.1, -0.05) is 42.3 Å². The van der Waals surface area contributed by atoms with Crippen molar-refractivity contribution in [3.63, 3.8) is 0 Å². The number of H-pyrrole nitrogens is 1. The number of anilines is 2. The van der Waals surface area contributed by atoms with E-state index in [1.54, 1.807) is 25.4 Å². The molecule has 9 rings (SSSR count). The van der Waals surface area contributed by atoms with E-state index < -0.39 is 11.9 Å². The second-order valence-electron chi connectivity index (χ2n) is 16.8. The van der Waals surface area contributed by atoms with Crippen LogP contribution < -0.4 is 35.8 Å². The van der Waals surface area contributed by atoms with E-state index in [0.29, 0.717) is 60.0 Å². The number of nitrogens with zero attached hydrogens (tertiary/aromatic N) is 6. The molecule has 0 spiro atoms. The molecule has 16 heteroatoms. The van der Waals surface area contributed by atoms with Gasteiger partial charge in [-0.2, -0.15) is 0 Å². The highest BCUT2D eigenvalue weighted by atomic mass is 16.5. The summed E-state index contributed by atoms with van der Waals surface area (Å²) in [6.45, 7) is 3.85. The van der Waals surface area contributed by atoms with E-state index in [1.807, 2.05) is 54.7 Å². The van der Waals surface area contributed by atoms with Crippen LogP contribution >= 0.6 is 0 Å². The summed E-state index contributed by atoms with van der Waals surface area (Å²) in [4.78, 5) is 64.3. The molecule has 2 fully saturated rings. The molecule has 16 nitrogen and oxygen atoms in total. The fourth-order valence-electron chi connectivity index (χ4n) is 8.62. The van der Waals surface area contributed by atoms with Crippen molar-refractivity contribution in [1.82, 2.24) is 46.0 Å². The van der Waals surface area contributed by atoms with Crippen LogP contribution in [-0.4, -0.2) is 106 Å². The number of aromatic nitrogens is 5. The van der Waals surface area contributed by atoms with Gasteiger partial charge in [0.15, 0.2) is 0 Å². The van der Waals surface area contributed by atoms with Crippen LogP contribution in [0.2, 0.25) is 0 Å². The number of ether oxygens (including phenoxy) is 1. The molecule has 0 radical (unpaired) electrons. The minimum atomic E-state index is -0.908.